The van der Waals surface area contributed by atoms with Gasteiger partial charge in [0.25, 0.3) is 0 Å². The van der Waals surface area contributed by atoms with E-state index in [9.17, 15) is 4.79 Å². The first-order valence-corrected chi connectivity index (χ1v) is 7.37. The molecule has 0 bridgehead atoms. The summed E-state index contributed by atoms with van der Waals surface area (Å²) in [4.78, 5) is 11.5. The Morgan fingerprint density at radius 2 is 2.20 bits per heavy atom. The van der Waals surface area contributed by atoms with Crippen molar-refractivity contribution in [2.24, 2.45) is 0 Å². The molecule has 0 fully saturated rings. The van der Waals surface area contributed by atoms with Gasteiger partial charge >= 0.3 is 5.97 Å². The van der Waals surface area contributed by atoms with Gasteiger partial charge in [0.1, 0.15) is 5.75 Å². The van der Waals surface area contributed by atoms with Crippen LogP contribution in [0.1, 0.15) is 24.5 Å². The zero-order valence-electron chi connectivity index (χ0n) is 11.5. The van der Waals surface area contributed by atoms with Crippen LogP contribution < -0.4 is 4.74 Å². The van der Waals surface area contributed by atoms with E-state index in [0.29, 0.717) is 6.42 Å². The van der Waals surface area contributed by atoms with Crippen LogP contribution in [0.2, 0.25) is 0 Å². The summed E-state index contributed by atoms with van der Waals surface area (Å²) in [5, 5.41) is 1.16. The minimum Gasteiger partial charge on any atom is -0.497 e. The predicted molar refractivity (Wildman–Crippen MR) is 80.2 cm³/mol. The van der Waals surface area contributed by atoms with E-state index >= 15 is 0 Å². The highest BCUT2D eigenvalue weighted by Gasteiger charge is 2.27. The SMILES string of the molecule is COC(=O)C[C@H]1CCn2c1cc1c(Br)cc(OC)cc12. The minimum absolute atomic E-state index is 0.148. The van der Waals surface area contributed by atoms with Crippen molar-refractivity contribution in [1.29, 1.82) is 0 Å². The number of carbonyl (C=O) groups is 1. The van der Waals surface area contributed by atoms with E-state index in [1.165, 1.54) is 12.8 Å². The van der Waals surface area contributed by atoms with Crippen molar-refractivity contribution >= 4 is 32.8 Å². The van der Waals surface area contributed by atoms with Crippen molar-refractivity contribution in [3.63, 3.8) is 0 Å². The van der Waals surface area contributed by atoms with Crippen molar-refractivity contribution in [3.05, 3.63) is 28.4 Å². The largest absolute Gasteiger partial charge is 0.497 e. The Bertz CT molecular complexity index is 677. The molecule has 1 aliphatic heterocycles. The molecule has 1 aliphatic rings. The maximum Gasteiger partial charge on any atom is 0.306 e. The number of benzene rings is 1. The van der Waals surface area contributed by atoms with Crippen LogP contribution in [0.3, 0.4) is 0 Å². The van der Waals surface area contributed by atoms with E-state index in [1.807, 2.05) is 12.1 Å². The summed E-state index contributed by atoms with van der Waals surface area (Å²) in [6.45, 7) is 0.931. The summed E-state index contributed by atoms with van der Waals surface area (Å²) in [5.41, 5.74) is 2.36. The third kappa shape index (κ3) is 2.10. The third-order valence-electron chi connectivity index (χ3n) is 3.97. The zero-order valence-corrected chi connectivity index (χ0v) is 13.1. The van der Waals surface area contributed by atoms with Crippen molar-refractivity contribution < 1.29 is 14.3 Å². The molecule has 106 valence electrons. The molecule has 0 saturated carbocycles. The Labute approximate surface area is 125 Å². The number of esters is 1. The average Bonchev–Trinajstić information content (AvgIpc) is 2.99. The summed E-state index contributed by atoms with van der Waals surface area (Å²) in [6, 6.07) is 6.18. The molecule has 2 aromatic rings. The number of ether oxygens (including phenoxy) is 2. The lowest BCUT2D eigenvalue weighted by Crippen LogP contribution is -2.06. The summed E-state index contributed by atoms with van der Waals surface area (Å²) in [7, 11) is 3.11. The topological polar surface area (TPSA) is 40.5 Å². The third-order valence-corrected chi connectivity index (χ3v) is 4.63. The Balaban J connectivity index is 2.06. The average molecular weight is 338 g/mol. The van der Waals surface area contributed by atoms with Gasteiger partial charge in [-0.15, -0.1) is 0 Å². The number of aryl methyl sites for hydroxylation is 1. The second-order valence-corrected chi connectivity index (χ2v) is 5.88. The number of aromatic nitrogens is 1. The van der Waals surface area contributed by atoms with Crippen LogP contribution in [0.5, 0.6) is 5.75 Å². The molecular formula is C15H16BrNO3. The van der Waals surface area contributed by atoms with Gasteiger partial charge < -0.3 is 14.0 Å². The standard InChI is InChI=1S/C15H16BrNO3/c1-19-10-6-12(16)11-8-13-9(5-15(18)20-2)3-4-17(13)14(11)7-10/h6-9H,3-5H2,1-2H3/t9-/m1/s1. The van der Waals surface area contributed by atoms with Gasteiger partial charge in [-0.3, -0.25) is 4.79 Å². The highest BCUT2D eigenvalue weighted by Crippen LogP contribution is 2.40. The lowest BCUT2D eigenvalue weighted by atomic mass is 10.0. The Morgan fingerprint density at radius 1 is 1.40 bits per heavy atom. The molecule has 20 heavy (non-hydrogen) atoms. The van der Waals surface area contributed by atoms with Crippen LogP contribution in [-0.4, -0.2) is 24.8 Å². The van der Waals surface area contributed by atoms with Gasteiger partial charge in [0, 0.05) is 34.1 Å². The summed E-state index contributed by atoms with van der Waals surface area (Å²) >= 11 is 3.59. The van der Waals surface area contributed by atoms with Crippen LogP contribution in [-0.2, 0) is 16.1 Å². The fraction of sp³-hybridized carbons (Fsp3) is 0.400. The molecule has 0 N–H and O–H groups in total. The molecule has 0 unspecified atom stereocenters. The van der Waals surface area contributed by atoms with Crippen LogP contribution in [0, 0.1) is 0 Å². The lowest BCUT2D eigenvalue weighted by Gasteiger charge is -2.06. The van der Waals surface area contributed by atoms with E-state index in [2.05, 4.69) is 26.6 Å². The van der Waals surface area contributed by atoms with E-state index in [-0.39, 0.29) is 11.9 Å². The first-order valence-electron chi connectivity index (χ1n) is 6.57. The number of carbonyl (C=O) groups excluding carboxylic acids is 1. The number of fused-ring (bicyclic) bond motifs is 3. The van der Waals surface area contributed by atoms with E-state index < -0.39 is 0 Å². The number of halogens is 1. The van der Waals surface area contributed by atoms with Crippen LogP contribution >= 0.6 is 15.9 Å². The van der Waals surface area contributed by atoms with Crippen LogP contribution in [0.25, 0.3) is 10.9 Å². The summed E-state index contributed by atoms with van der Waals surface area (Å²) in [6.07, 6.45) is 1.43. The number of rotatable bonds is 3. The second kappa shape index (κ2) is 5.13. The van der Waals surface area contributed by atoms with Gasteiger partial charge in [0.2, 0.25) is 0 Å². The van der Waals surface area contributed by atoms with Crippen molar-refractivity contribution in [1.82, 2.24) is 4.57 Å². The van der Waals surface area contributed by atoms with Gasteiger partial charge in [0.05, 0.1) is 26.2 Å². The molecule has 0 aliphatic carbocycles. The lowest BCUT2D eigenvalue weighted by molar-refractivity contribution is -0.141. The van der Waals surface area contributed by atoms with E-state index in [0.717, 1.165) is 34.1 Å². The Kier molecular flexibility index (Phi) is 3.46. The highest BCUT2D eigenvalue weighted by atomic mass is 79.9. The summed E-state index contributed by atoms with van der Waals surface area (Å²) in [5.74, 6) is 0.930. The molecule has 1 aromatic carbocycles. The number of nitrogens with zero attached hydrogens (tertiary/aromatic N) is 1. The molecule has 4 nitrogen and oxygen atoms in total. The maximum absolute atomic E-state index is 11.5. The summed E-state index contributed by atoms with van der Waals surface area (Å²) < 4.78 is 13.4. The van der Waals surface area contributed by atoms with Crippen LogP contribution in [0.15, 0.2) is 22.7 Å². The highest BCUT2D eigenvalue weighted by molar-refractivity contribution is 9.10. The molecule has 2 heterocycles. The Hall–Kier alpha value is -1.49. The molecule has 0 saturated heterocycles. The Morgan fingerprint density at radius 3 is 2.90 bits per heavy atom. The van der Waals surface area contributed by atoms with E-state index in [1.54, 1.807) is 7.11 Å². The first-order chi connectivity index (χ1) is 9.63. The maximum atomic E-state index is 11.5. The number of hydrogen-bond donors (Lipinski definition) is 0. The first kappa shape index (κ1) is 13.5. The fourth-order valence-corrected chi connectivity index (χ4v) is 3.48. The molecule has 1 aromatic heterocycles. The molecule has 0 amide bonds. The molecule has 1 atom stereocenters. The zero-order chi connectivity index (χ0) is 14.3. The molecule has 3 rings (SSSR count). The molecule has 0 spiro atoms. The second-order valence-electron chi connectivity index (χ2n) is 5.03. The number of methoxy groups -OCH3 is 2. The van der Waals surface area contributed by atoms with Crippen molar-refractivity contribution in [3.8, 4) is 5.75 Å². The quantitative estimate of drug-likeness (QED) is 0.805. The van der Waals surface area contributed by atoms with Crippen molar-refractivity contribution in [2.45, 2.75) is 25.3 Å². The molecule has 5 heteroatoms. The minimum atomic E-state index is -0.148. The van der Waals surface area contributed by atoms with E-state index in [4.69, 9.17) is 9.47 Å². The number of hydrogen-bond acceptors (Lipinski definition) is 3. The fourth-order valence-electron chi connectivity index (χ4n) is 2.94. The van der Waals surface area contributed by atoms with Crippen LogP contribution in [0.4, 0.5) is 0 Å². The van der Waals surface area contributed by atoms with Gasteiger partial charge in [-0.05, 0) is 34.5 Å². The van der Waals surface area contributed by atoms with Crippen molar-refractivity contribution in [2.75, 3.05) is 14.2 Å². The van der Waals surface area contributed by atoms with Gasteiger partial charge in [-0.1, -0.05) is 0 Å². The van der Waals surface area contributed by atoms with Gasteiger partial charge in [0.15, 0.2) is 0 Å². The predicted octanol–water partition coefficient (Wildman–Crippen LogP) is 3.46. The van der Waals surface area contributed by atoms with Gasteiger partial charge in [-0.25, -0.2) is 0 Å². The molecular weight excluding hydrogens is 322 g/mol. The smallest absolute Gasteiger partial charge is 0.306 e. The molecule has 0 radical (unpaired) electrons. The normalized spacial score (nSPS) is 17.2. The van der Waals surface area contributed by atoms with Gasteiger partial charge in [-0.2, -0.15) is 0 Å². The monoisotopic (exact) mass is 337 g/mol.